The predicted octanol–water partition coefficient (Wildman–Crippen LogP) is 1.83. The van der Waals surface area contributed by atoms with Gasteiger partial charge in [-0.15, -0.1) is 0 Å². The number of β-amino-alcohol motifs (C(OH)–C–C–N with tert-alkyl or cyclic N) is 1. The molecule has 0 atom stereocenters. The van der Waals surface area contributed by atoms with Gasteiger partial charge in [-0.25, -0.2) is 4.98 Å². The first-order valence-electron chi connectivity index (χ1n) is 9.28. The molecule has 27 heavy (non-hydrogen) atoms. The Morgan fingerprint density at radius 2 is 1.89 bits per heavy atom. The maximum atomic E-state index is 9.15. The molecular weight excluding hydrogens is 342 g/mol. The summed E-state index contributed by atoms with van der Waals surface area (Å²) in [5, 5.41) is 13.8. The molecule has 0 aliphatic carbocycles. The van der Waals surface area contributed by atoms with Crippen LogP contribution in [0.15, 0.2) is 36.5 Å². The van der Waals surface area contributed by atoms with Crippen molar-refractivity contribution in [3.8, 4) is 16.9 Å². The molecule has 1 aliphatic heterocycles. The van der Waals surface area contributed by atoms with Crippen molar-refractivity contribution in [1.82, 2.24) is 19.5 Å². The number of hydrogen-bond acceptors (Lipinski definition) is 6. The van der Waals surface area contributed by atoms with Crippen LogP contribution in [-0.2, 0) is 0 Å². The van der Waals surface area contributed by atoms with E-state index in [0.29, 0.717) is 0 Å². The standard InChI is InChI=1S/C20H25N5O2/c1-15-13-19(24-9-7-23(8-10-24)11-12-26)25-20(22-15)17(14-21-25)16-5-3-4-6-18(16)27-2/h3-6,13-14,26H,7-12H2,1-2H3. The first-order chi connectivity index (χ1) is 13.2. The van der Waals surface area contributed by atoms with Crippen molar-refractivity contribution >= 4 is 11.5 Å². The summed E-state index contributed by atoms with van der Waals surface area (Å²) >= 11 is 0. The van der Waals surface area contributed by atoms with E-state index in [1.165, 1.54) is 0 Å². The van der Waals surface area contributed by atoms with Crippen LogP contribution in [0.25, 0.3) is 16.8 Å². The van der Waals surface area contributed by atoms with Crippen molar-refractivity contribution < 1.29 is 9.84 Å². The molecule has 0 saturated carbocycles. The van der Waals surface area contributed by atoms with Gasteiger partial charge < -0.3 is 14.7 Å². The molecule has 1 aromatic carbocycles. The molecule has 1 aliphatic rings. The Hall–Kier alpha value is -2.64. The van der Waals surface area contributed by atoms with E-state index in [2.05, 4.69) is 21.0 Å². The number of piperazine rings is 1. The van der Waals surface area contributed by atoms with E-state index in [4.69, 9.17) is 14.8 Å². The number of aromatic nitrogens is 3. The summed E-state index contributed by atoms with van der Waals surface area (Å²) < 4.78 is 7.46. The van der Waals surface area contributed by atoms with Crippen LogP contribution in [0.4, 0.5) is 5.82 Å². The third-order valence-corrected chi connectivity index (χ3v) is 5.09. The molecule has 3 aromatic rings. The van der Waals surface area contributed by atoms with E-state index in [-0.39, 0.29) is 6.61 Å². The highest BCUT2D eigenvalue weighted by Crippen LogP contribution is 2.33. The maximum absolute atomic E-state index is 9.15. The number of methoxy groups -OCH3 is 1. The average Bonchev–Trinajstić information content (AvgIpc) is 3.11. The fourth-order valence-electron chi connectivity index (χ4n) is 3.69. The van der Waals surface area contributed by atoms with Crippen LogP contribution in [0.1, 0.15) is 5.69 Å². The number of aryl methyl sites for hydroxylation is 1. The van der Waals surface area contributed by atoms with Crippen LogP contribution in [0, 0.1) is 6.92 Å². The highest BCUT2D eigenvalue weighted by Gasteiger charge is 2.21. The number of aliphatic hydroxyl groups excluding tert-OH is 1. The van der Waals surface area contributed by atoms with Gasteiger partial charge in [-0.1, -0.05) is 18.2 Å². The molecule has 142 valence electrons. The second kappa shape index (κ2) is 7.54. The van der Waals surface area contributed by atoms with Gasteiger partial charge in [0.15, 0.2) is 5.65 Å². The summed E-state index contributed by atoms with van der Waals surface area (Å²) in [5.74, 6) is 1.87. The van der Waals surface area contributed by atoms with E-state index in [9.17, 15) is 0 Å². The van der Waals surface area contributed by atoms with Crippen molar-refractivity contribution in [2.24, 2.45) is 0 Å². The van der Waals surface area contributed by atoms with Gasteiger partial charge in [-0.2, -0.15) is 9.61 Å². The maximum Gasteiger partial charge on any atom is 0.165 e. The van der Waals surface area contributed by atoms with Gasteiger partial charge in [0.1, 0.15) is 11.6 Å². The van der Waals surface area contributed by atoms with Crippen LogP contribution in [0.2, 0.25) is 0 Å². The lowest BCUT2D eigenvalue weighted by Crippen LogP contribution is -2.47. The first kappa shape index (κ1) is 17.8. The summed E-state index contributed by atoms with van der Waals surface area (Å²) in [7, 11) is 1.68. The molecule has 4 rings (SSSR count). The van der Waals surface area contributed by atoms with E-state index in [1.807, 2.05) is 41.9 Å². The average molecular weight is 367 g/mol. The number of benzene rings is 1. The number of fused-ring (bicyclic) bond motifs is 1. The zero-order valence-corrected chi connectivity index (χ0v) is 15.8. The predicted molar refractivity (Wildman–Crippen MR) is 105 cm³/mol. The van der Waals surface area contributed by atoms with Crippen LogP contribution in [0.5, 0.6) is 5.75 Å². The summed E-state index contributed by atoms with van der Waals surface area (Å²) in [6.07, 6.45) is 1.87. The molecule has 0 radical (unpaired) electrons. The molecular formula is C20H25N5O2. The van der Waals surface area contributed by atoms with Gasteiger partial charge in [-0.3, -0.25) is 4.90 Å². The van der Waals surface area contributed by atoms with Gasteiger partial charge in [-0.05, 0) is 13.0 Å². The van der Waals surface area contributed by atoms with Crippen LogP contribution in [0.3, 0.4) is 0 Å². The van der Waals surface area contributed by atoms with Crippen LogP contribution >= 0.6 is 0 Å². The summed E-state index contributed by atoms with van der Waals surface area (Å²) in [5.41, 5.74) is 3.77. The fourth-order valence-corrected chi connectivity index (χ4v) is 3.69. The lowest BCUT2D eigenvalue weighted by atomic mass is 10.1. The first-order valence-corrected chi connectivity index (χ1v) is 9.28. The normalized spacial score (nSPS) is 15.4. The second-order valence-corrected chi connectivity index (χ2v) is 6.80. The molecule has 3 heterocycles. The zero-order chi connectivity index (χ0) is 18.8. The summed E-state index contributed by atoms with van der Waals surface area (Å²) in [6.45, 7) is 6.64. The number of rotatable bonds is 5. The molecule has 7 nitrogen and oxygen atoms in total. The molecule has 0 amide bonds. The number of anilines is 1. The molecule has 1 fully saturated rings. The topological polar surface area (TPSA) is 66.1 Å². The monoisotopic (exact) mass is 367 g/mol. The lowest BCUT2D eigenvalue weighted by molar-refractivity contribution is 0.188. The van der Waals surface area contributed by atoms with Gasteiger partial charge in [0, 0.05) is 50.0 Å². The molecule has 7 heteroatoms. The number of nitrogens with zero attached hydrogens (tertiary/aromatic N) is 5. The third kappa shape index (κ3) is 3.36. The molecule has 2 aromatic heterocycles. The van der Waals surface area contributed by atoms with Crippen molar-refractivity contribution in [1.29, 1.82) is 0 Å². The minimum atomic E-state index is 0.208. The summed E-state index contributed by atoms with van der Waals surface area (Å²) in [6, 6.07) is 10.0. The highest BCUT2D eigenvalue weighted by molar-refractivity contribution is 5.82. The van der Waals surface area contributed by atoms with Crippen molar-refractivity contribution in [2.75, 3.05) is 51.3 Å². The quantitative estimate of drug-likeness (QED) is 0.742. The van der Waals surface area contributed by atoms with E-state index in [1.54, 1.807) is 7.11 Å². The van der Waals surface area contributed by atoms with Gasteiger partial charge in [0.2, 0.25) is 0 Å². The van der Waals surface area contributed by atoms with Crippen molar-refractivity contribution in [3.63, 3.8) is 0 Å². The highest BCUT2D eigenvalue weighted by atomic mass is 16.5. The number of ether oxygens (including phenoxy) is 1. The Morgan fingerprint density at radius 3 is 2.63 bits per heavy atom. The SMILES string of the molecule is COc1ccccc1-c1cnn2c(N3CCN(CCO)CC3)cc(C)nc12. The minimum absolute atomic E-state index is 0.208. The molecule has 1 N–H and O–H groups in total. The summed E-state index contributed by atoms with van der Waals surface area (Å²) in [4.78, 5) is 9.39. The number of para-hydroxylation sites is 1. The van der Waals surface area contributed by atoms with E-state index >= 15 is 0 Å². The molecule has 0 unspecified atom stereocenters. The van der Waals surface area contributed by atoms with Crippen molar-refractivity contribution in [2.45, 2.75) is 6.92 Å². The fraction of sp³-hybridized carbons (Fsp3) is 0.400. The van der Waals surface area contributed by atoms with Gasteiger partial charge in [0.25, 0.3) is 0 Å². The Labute approximate surface area is 158 Å². The Morgan fingerprint density at radius 1 is 1.11 bits per heavy atom. The van der Waals surface area contributed by atoms with E-state index < -0.39 is 0 Å². The smallest absolute Gasteiger partial charge is 0.165 e. The number of hydrogen-bond donors (Lipinski definition) is 1. The van der Waals surface area contributed by atoms with Crippen LogP contribution < -0.4 is 9.64 Å². The van der Waals surface area contributed by atoms with Gasteiger partial charge >= 0.3 is 0 Å². The molecule has 0 spiro atoms. The van der Waals surface area contributed by atoms with Crippen LogP contribution in [-0.4, -0.2) is 71.0 Å². The number of aliphatic hydroxyl groups is 1. The minimum Gasteiger partial charge on any atom is -0.496 e. The Balaban J connectivity index is 1.73. The zero-order valence-electron chi connectivity index (χ0n) is 15.8. The van der Waals surface area contributed by atoms with Crippen molar-refractivity contribution in [3.05, 3.63) is 42.2 Å². The van der Waals surface area contributed by atoms with E-state index in [0.717, 1.165) is 66.8 Å². The third-order valence-electron chi connectivity index (χ3n) is 5.09. The largest absolute Gasteiger partial charge is 0.496 e. The Kier molecular flexibility index (Phi) is 4.96. The Bertz CT molecular complexity index is 931. The molecule has 1 saturated heterocycles. The second-order valence-electron chi connectivity index (χ2n) is 6.80. The molecule has 0 bridgehead atoms. The van der Waals surface area contributed by atoms with Gasteiger partial charge in [0.05, 0.1) is 25.5 Å². The lowest BCUT2D eigenvalue weighted by Gasteiger charge is -2.35.